The molecule has 0 aliphatic heterocycles. The van der Waals surface area contributed by atoms with Crippen molar-refractivity contribution in [2.75, 3.05) is 13.4 Å². The summed E-state index contributed by atoms with van der Waals surface area (Å²) in [5.41, 5.74) is 0. The second-order valence-corrected chi connectivity index (χ2v) is 20.8. The van der Waals surface area contributed by atoms with Gasteiger partial charge in [-0.15, -0.1) is 0 Å². The molecule has 0 N–H and O–H groups in total. The van der Waals surface area contributed by atoms with Crippen LogP contribution in [-0.2, 0) is 9.47 Å². The van der Waals surface area contributed by atoms with Crippen LogP contribution in [0, 0.1) is 0 Å². The SMILES string of the molecule is CCCC/C=[C](\OCOCCCC)[Sn]([CH2]CCC)([CH2]CCC)[CH2]CCC. The van der Waals surface area contributed by atoms with E-state index in [2.05, 4.69) is 40.7 Å². The zero-order valence-corrected chi connectivity index (χ0v) is 21.6. The average Bonchev–Trinajstić information content (AvgIpc) is 2.66. The van der Waals surface area contributed by atoms with Crippen molar-refractivity contribution in [3.05, 3.63) is 9.85 Å². The molecule has 0 atom stereocenters. The molecule has 156 valence electrons. The molecule has 0 heterocycles. The van der Waals surface area contributed by atoms with Gasteiger partial charge in [0.1, 0.15) is 0 Å². The van der Waals surface area contributed by atoms with Gasteiger partial charge in [0, 0.05) is 0 Å². The van der Waals surface area contributed by atoms with Gasteiger partial charge in [0.2, 0.25) is 0 Å². The first kappa shape index (κ1) is 26.3. The Kier molecular flexibility index (Phi) is 18.9. The summed E-state index contributed by atoms with van der Waals surface area (Å²) >= 11 is -2.46. The first-order valence-corrected chi connectivity index (χ1v) is 19.1. The summed E-state index contributed by atoms with van der Waals surface area (Å²) < 4.78 is 18.1. The molecule has 0 rings (SSSR count). The van der Waals surface area contributed by atoms with Gasteiger partial charge >= 0.3 is 170 Å². The molecule has 0 aliphatic rings. The third-order valence-corrected chi connectivity index (χ3v) is 20.6. The van der Waals surface area contributed by atoms with Crippen molar-refractivity contribution in [1.29, 1.82) is 0 Å². The van der Waals surface area contributed by atoms with Crippen LogP contribution in [-0.4, -0.2) is 31.8 Å². The van der Waals surface area contributed by atoms with E-state index >= 15 is 0 Å². The first-order valence-electron chi connectivity index (χ1n) is 11.6. The molecule has 0 aromatic heterocycles. The molecule has 0 radical (unpaired) electrons. The minimum absolute atomic E-state index is 0.473. The van der Waals surface area contributed by atoms with Crippen molar-refractivity contribution in [1.82, 2.24) is 0 Å². The van der Waals surface area contributed by atoms with E-state index in [0.717, 1.165) is 13.0 Å². The van der Waals surface area contributed by atoms with Gasteiger partial charge in [-0.2, -0.15) is 0 Å². The molecular weight excluding hydrogens is 427 g/mol. The number of hydrogen-bond acceptors (Lipinski definition) is 2. The monoisotopic (exact) mass is 476 g/mol. The molecule has 0 unspecified atom stereocenters. The van der Waals surface area contributed by atoms with Crippen LogP contribution in [0.5, 0.6) is 0 Å². The van der Waals surface area contributed by atoms with E-state index < -0.39 is 18.4 Å². The standard InChI is InChI=1S/C11H21O2.3C4H9.Sn/c1-3-5-7-8-10-13-11-12-9-6-4-2;3*1-3-4-2;/h8H,3-7,9,11H2,1-2H3;3*1,3-4H2,2H3;. The summed E-state index contributed by atoms with van der Waals surface area (Å²) in [5, 5.41) is 0. The molecule has 2 nitrogen and oxygen atoms in total. The van der Waals surface area contributed by atoms with E-state index in [1.165, 1.54) is 81.3 Å². The zero-order valence-electron chi connectivity index (χ0n) is 18.7. The summed E-state index contributed by atoms with van der Waals surface area (Å²) in [4.78, 5) is 0. The van der Waals surface area contributed by atoms with Gasteiger partial charge in [-0.1, -0.05) is 0 Å². The van der Waals surface area contributed by atoms with Crippen LogP contribution in [0.3, 0.4) is 0 Å². The second-order valence-electron chi connectivity index (χ2n) is 7.83. The Morgan fingerprint density at radius 2 is 1.19 bits per heavy atom. The van der Waals surface area contributed by atoms with Crippen LogP contribution in [0.2, 0.25) is 13.3 Å². The van der Waals surface area contributed by atoms with Crippen molar-refractivity contribution < 1.29 is 9.47 Å². The summed E-state index contributed by atoms with van der Waals surface area (Å²) in [5.74, 6) is 0. The molecule has 26 heavy (non-hydrogen) atoms. The van der Waals surface area contributed by atoms with Crippen LogP contribution in [0.4, 0.5) is 0 Å². The minimum atomic E-state index is -2.46. The fraction of sp³-hybridized carbons (Fsp3) is 0.913. The quantitative estimate of drug-likeness (QED) is 0.0811. The molecule has 0 bridgehead atoms. The van der Waals surface area contributed by atoms with Gasteiger partial charge in [0.05, 0.1) is 0 Å². The van der Waals surface area contributed by atoms with Crippen LogP contribution in [0.1, 0.15) is 105 Å². The fourth-order valence-corrected chi connectivity index (χ4v) is 19.3. The molecule has 0 aromatic carbocycles. The predicted molar refractivity (Wildman–Crippen MR) is 119 cm³/mol. The Morgan fingerprint density at radius 3 is 1.65 bits per heavy atom. The molecule has 0 saturated carbocycles. The van der Waals surface area contributed by atoms with Crippen LogP contribution in [0.25, 0.3) is 0 Å². The van der Waals surface area contributed by atoms with Gasteiger partial charge in [-0.05, 0) is 0 Å². The molecule has 0 saturated heterocycles. The first-order chi connectivity index (χ1) is 12.7. The van der Waals surface area contributed by atoms with E-state index in [4.69, 9.17) is 9.47 Å². The normalized spacial score (nSPS) is 12.6. The van der Waals surface area contributed by atoms with Crippen LogP contribution in [0.15, 0.2) is 9.85 Å². The van der Waals surface area contributed by atoms with E-state index in [-0.39, 0.29) is 0 Å². The van der Waals surface area contributed by atoms with E-state index in [1.54, 1.807) is 0 Å². The number of unbranched alkanes of at least 4 members (excludes halogenated alkanes) is 6. The van der Waals surface area contributed by atoms with Crippen LogP contribution >= 0.6 is 0 Å². The van der Waals surface area contributed by atoms with Crippen LogP contribution < -0.4 is 0 Å². The average molecular weight is 475 g/mol. The summed E-state index contributed by atoms with van der Waals surface area (Å²) in [6, 6.07) is 0. The van der Waals surface area contributed by atoms with Gasteiger partial charge in [0.25, 0.3) is 0 Å². The third-order valence-electron chi connectivity index (χ3n) is 5.38. The summed E-state index contributed by atoms with van der Waals surface area (Å²) in [7, 11) is 0. The number of hydrogen-bond donors (Lipinski definition) is 0. The Balaban J connectivity index is 5.28. The predicted octanol–water partition coefficient (Wildman–Crippen LogP) is 8.24. The van der Waals surface area contributed by atoms with Gasteiger partial charge < -0.3 is 0 Å². The van der Waals surface area contributed by atoms with Crippen molar-refractivity contribution in [2.24, 2.45) is 0 Å². The topological polar surface area (TPSA) is 18.5 Å². The molecule has 0 aliphatic carbocycles. The molecule has 0 amide bonds. The molecular formula is C23H48O2Sn. The fourth-order valence-electron chi connectivity index (χ4n) is 3.57. The maximum absolute atomic E-state index is 6.42. The molecule has 0 fully saturated rings. The van der Waals surface area contributed by atoms with Crippen molar-refractivity contribution >= 4 is 18.4 Å². The zero-order chi connectivity index (χ0) is 19.5. The van der Waals surface area contributed by atoms with E-state index in [1.807, 2.05) is 0 Å². The molecule has 0 aromatic rings. The number of allylic oxidation sites excluding steroid dienone is 1. The Hall–Kier alpha value is 0.299. The maximum atomic E-state index is 6.42. The second kappa shape index (κ2) is 18.7. The Labute approximate surface area is 169 Å². The van der Waals surface area contributed by atoms with E-state index in [9.17, 15) is 0 Å². The van der Waals surface area contributed by atoms with E-state index in [0.29, 0.717) is 6.79 Å². The van der Waals surface area contributed by atoms with Gasteiger partial charge in [-0.3, -0.25) is 0 Å². The molecule has 0 spiro atoms. The van der Waals surface area contributed by atoms with Gasteiger partial charge in [0.15, 0.2) is 0 Å². The third kappa shape index (κ3) is 11.9. The van der Waals surface area contributed by atoms with Crippen molar-refractivity contribution in [3.8, 4) is 0 Å². The number of ether oxygens (including phenoxy) is 2. The molecule has 3 heteroatoms. The summed E-state index contributed by atoms with van der Waals surface area (Å²) in [6.45, 7) is 12.8. The van der Waals surface area contributed by atoms with Crippen molar-refractivity contribution in [3.63, 3.8) is 0 Å². The Morgan fingerprint density at radius 1 is 0.692 bits per heavy atom. The van der Waals surface area contributed by atoms with Crippen molar-refractivity contribution in [2.45, 2.75) is 119 Å². The van der Waals surface area contributed by atoms with Gasteiger partial charge in [-0.25, -0.2) is 0 Å². The summed E-state index contributed by atoms with van der Waals surface area (Å²) in [6.07, 6.45) is 16.6. The Bertz CT molecular complexity index is 306. The number of rotatable bonds is 19.